The molecule has 1 aromatic rings. The second-order valence-electron chi connectivity index (χ2n) is 5.03. The molecule has 0 aliphatic carbocycles. The fraction of sp³-hybridized carbons (Fsp3) is 0.692. The van der Waals surface area contributed by atoms with E-state index in [1.54, 1.807) is 15.8 Å². The Bertz CT molecular complexity index is 357. The lowest BCUT2D eigenvalue weighted by Gasteiger charge is -2.21. The number of halogens is 2. The molecule has 1 atom stereocenters. The van der Waals surface area contributed by atoms with Crippen LogP contribution in [-0.4, -0.2) is 40.2 Å². The van der Waals surface area contributed by atoms with Gasteiger partial charge in [-0.3, -0.25) is 9.48 Å². The summed E-state index contributed by atoms with van der Waals surface area (Å²) in [5, 5.41) is 4.07. The average Bonchev–Trinajstić information content (AvgIpc) is 2.85. The van der Waals surface area contributed by atoms with Crippen LogP contribution >= 0.6 is 24.8 Å². The van der Waals surface area contributed by atoms with Crippen LogP contribution in [0.2, 0.25) is 0 Å². The molecule has 0 spiro atoms. The van der Waals surface area contributed by atoms with Gasteiger partial charge in [-0.25, -0.2) is 0 Å². The van der Waals surface area contributed by atoms with E-state index in [0.717, 1.165) is 13.0 Å². The van der Waals surface area contributed by atoms with Crippen molar-refractivity contribution in [2.45, 2.75) is 39.3 Å². The lowest BCUT2D eigenvalue weighted by atomic mass is 10.0. The number of aryl methyl sites for hydroxylation is 1. The Morgan fingerprint density at radius 2 is 2.05 bits per heavy atom. The first-order valence-electron chi connectivity index (χ1n) is 6.47. The quantitative estimate of drug-likeness (QED) is 0.833. The summed E-state index contributed by atoms with van der Waals surface area (Å²) in [6, 6.07) is 2.02. The van der Waals surface area contributed by atoms with Gasteiger partial charge in [-0.15, -0.1) is 24.8 Å². The second kappa shape index (κ2) is 10.9. The van der Waals surface area contributed by atoms with Crippen molar-refractivity contribution in [3.05, 3.63) is 18.5 Å². The molecule has 2 N–H and O–H groups in total. The van der Waals surface area contributed by atoms with Gasteiger partial charge in [-0.05, 0) is 18.4 Å². The van der Waals surface area contributed by atoms with Crippen molar-refractivity contribution in [2.75, 3.05) is 13.6 Å². The molecule has 118 valence electrons. The van der Waals surface area contributed by atoms with Crippen molar-refractivity contribution in [1.29, 1.82) is 0 Å². The smallest absolute Gasteiger partial charge is 0.224 e. The molecule has 0 aliphatic rings. The summed E-state index contributed by atoms with van der Waals surface area (Å²) in [5.74, 6) is 0.596. The molecule has 7 heteroatoms. The van der Waals surface area contributed by atoms with Crippen molar-refractivity contribution in [3.8, 4) is 0 Å². The highest BCUT2D eigenvalue weighted by molar-refractivity contribution is 5.85. The first-order chi connectivity index (χ1) is 8.50. The minimum atomic E-state index is 0. The number of carbonyl (C=O) groups excluding carboxylic acids is 1. The van der Waals surface area contributed by atoms with Gasteiger partial charge in [-0.1, -0.05) is 13.8 Å². The fourth-order valence-corrected chi connectivity index (χ4v) is 1.63. The molecule has 1 amide bonds. The highest BCUT2D eigenvalue weighted by atomic mass is 35.5. The number of hydrogen-bond donors (Lipinski definition) is 1. The van der Waals surface area contributed by atoms with Crippen molar-refractivity contribution in [2.24, 2.45) is 11.7 Å². The van der Waals surface area contributed by atoms with Gasteiger partial charge in [0.2, 0.25) is 5.91 Å². The standard InChI is InChI=1S/C13H24N4O.2ClH/c1-11(2)12(14)5-9-16(3)13(18)6-10-17-8-4-7-15-17;;/h4,7-8,11-12H,5-6,9-10,14H2,1-3H3;2*1H. The molecule has 0 bridgehead atoms. The van der Waals surface area contributed by atoms with Gasteiger partial charge in [0.1, 0.15) is 0 Å². The van der Waals surface area contributed by atoms with E-state index >= 15 is 0 Å². The number of carbonyl (C=O) groups is 1. The summed E-state index contributed by atoms with van der Waals surface area (Å²) < 4.78 is 1.77. The Balaban J connectivity index is 0. The zero-order valence-corrected chi connectivity index (χ0v) is 14.0. The zero-order chi connectivity index (χ0) is 13.5. The molecule has 0 aliphatic heterocycles. The number of amides is 1. The van der Waals surface area contributed by atoms with Crippen LogP contribution in [0.15, 0.2) is 18.5 Å². The Hall–Kier alpha value is -0.780. The molecule has 0 aromatic carbocycles. The third-order valence-electron chi connectivity index (χ3n) is 3.19. The van der Waals surface area contributed by atoms with Crippen molar-refractivity contribution < 1.29 is 4.79 Å². The van der Waals surface area contributed by atoms with Crippen LogP contribution in [0.5, 0.6) is 0 Å². The summed E-state index contributed by atoms with van der Waals surface area (Å²) in [5.41, 5.74) is 5.96. The van der Waals surface area contributed by atoms with Crippen LogP contribution in [0.1, 0.15) is 26.7 Å². The summed E-state index contributed by atoms with van der Waals surface area (Å²) >= 11 is 0. The lowest BCUT2D eigenvalue weighted by Crippen LogP contribution is -2.35. The van der Waals surface area contributed by atoms with E-state index in [1.165, 1.54) is 0 Å². The topological polar surface area (TPSA) is 64.2 Å². The molecule has 0 saturated heterocycles. The monoisotopic (exact) mass is 324 g/mol. The van der Waals surface area contributed by atoms with Gasteiger partial charge in [-0.2, -0.15) is 5.10 Å². The van der Waals surface area contributed by atoms with E-state index in [-0.39, 0.29) is 36.8 Å². The number of hydrogen-bond acceptors (Lipinski definition) is 3. The third-order valence-corrected chi connectivity index (χ3v) is 3.19. The van der Waals surface area contributed by atoms with E-state index in [0.29, 0.717) is 18.9 Å². The normalized spacial score (nSPS) is 11.4. The Kier molecular flexibility index (Phi) is 11.8. The van der Waals surface area contributed by atoms with E-state index in [9.17, 15) is 4.79 Å². The van der Waals surface area contributed by atoms with Crippen LogP contribution in [0, 0.1) is 5.92 Å². The minimum Gasteiger partial charge on any atom is -0.346 e. The van der Waals surface area contributed by atoms with E-state index < -0.39 is 0 Å². The van der Waals surface area contributed by atoms with Crippen molar-refractivity contribution >= 4 is 30.7 Å². The molecule has 1 rings (SSSR count). The molecule has 0 fully saturated rings. The molecule has 1 heterocycles. The number of aromatic nitrogens is 2. The van der Waals surface area contributed by atoms with Gasteiger partial charge >= 0.3 is 0 Å². The van der Waals surface area contributed by atoms with Crippen molar-refractivity contribution in [3.63, 3.8) is 0 Å². The molecular weight excluding hydrogens is 299 g/mol. The summed E-state index contributed by atoms with van der Waals surface area (Å²) in [4.78, 5) is 13.6. The molecular formula is C13H26Cl2N4O. The van der Waals surface area contributed by atoms with Crippen LogP contribution in [0.4, 0.5) is 0 Å². The Morgan fingerprint density at radius 1 is 1.40 bits per heavy atom. The largest absolute Gasteiger partial charge is 0.346 e. The van der Waals surface area contributed by atoms with Crippen LogP contribution in [-0.2, 0) is 11.3 Å². The van der Waals surface area contributed by atoms with Crippen molar-refractivity contribution in [1.82, 2.24) is 14.7 Å². The van der Waals surface area contributed by atoms with E-state index in [2.05, 4.69) is 18.9 Å². The fourth-order valence-electron chi connectivity index (χ4n) is 1.63. The predicted octanol–water partition coefficient (Wildman–Crippen LogP) is 1.95. The minimum absolute atomic E-state index is 0. The Labute approximate surface area is 133 Å². The predicted molar refractivity (Wildman–Crippen MR) is 86.4 cm³/mol. The van der Waals surface area contributed by atoms with Gasteiger partial charge < -0.3 is 10.6 Å². The second-order valence-corrected chi connectivity index (χ2v) is 5.03. The third kappa shape index (κ3) is 7.72. The maximum Gasteiger partial charge on any atom is 0.224 e. The summed E-state index contributed by atoms with van der Waals surface area (Å²) in [6.07, 6.45) is 4.91. The molecule has 1 unspecified atom stereocenters. The maximum absolute atomic E-state index is 11.9. The van der Waals surface area contributed by atoms with E-state index in [1.807, 2.05) is 19.3 Å². The maximum atomic E-state index is 11.9. The van der Waals surface area contributed by atoms with Crippen LogP contribution in [0.25, 0.3) is 0 Å². The summed E-state index contributed by atoms with van der Waals surface area (Å²) in [6.45, 7) is 5.55. The highest BCUT2D eigenvalue weighted by Crippen LogP contribution is 2.04. The lowest BCUT2D eigenvalue weighted by molar-refractivity contribution is -0.130. The zero-order valence-electron chi connectivity index (χ0n) is 12.4. The Morgan fingerprint density at radius 3 is 2.55 bits per heavy atom. The first-order valence-corrected chi connectivity index (χ1v) is 6.47. The van der Waals surface area contributed by atoms with Gasteiger partial charge in [0.05, 0.1) is 0 Å². The molecule has 20 heavy (non-hydrogen) atoms. The first kappa shape index (κ1) is 21.5. The summed E-state index contributed by atoms with van der Waals surface area (Å²) in [7, 11) is 1.83. The van der Waals surface area contributed by atoms with E-state index in [4.69, 9.17) is 5.73 Å². The van der Waals surface area contributed by atoms with Gasteiger partial charge in [0.15, 0.2) is 0 Å². The number of rotatable bonds is 7. The number of nitrogens with two attached hydrogens (primary N) is 1. The van der Waals surface area contributed by atoms with Crippen LogP contribution < -0.4 is 5.73 Å². The highest BCUT2D eigenvalue weighted by Gasteiger charge is 2.12. The number of nitrogens with zero attached hydrogens (tertiary/aromatic N) is 3. The average molecular weight is 325 g/mol. The molecule has 5 nitrogen and oxygen atoms in total. The molecule has 0 saturated carbocycles. The van der Waals surface area contributed by atoms with Gasteiger partial charge in [0, 0.05) is 45.0 Å². The van der Waals surface area contributed by atoms with Crippen LogP contribution in [0.3, 0.4) is 0 Å². The molecule has 0 radical (unpaired) electrons. The van der Waals surface area contributed by atoms with Gasteiger partial charge in [0.25, 0.3) is 0 Å². The molecule has 1 aromatic heterocycles. The SMILES string of the molecule is CC(C)C(N)CCN(C)C(=O)CCn1cccn1.Cl.Cl.